The molecule has 0 saturated carbocycles. The minimum atomic E-state index is -0.369. The van der Waals surface area contributed by atoms with Gasteiger partial charge in [0.15, 0.2) is 0 Å². The molecule has 0 bridgehead atoms. The van der Waals surface area contributed by atoms with E-state index >= 15 is 0 Å². The predicted molar refractivity (Wildman–Crippen MR) is 58.6 cm³/mol. The normalized spacial score (nSPS) is 20.5. The number of rotatable bonds is 2. The van der Waals surface area contributed by atoms with Crippen LogP contribution < -0.4 is 0 Å². The molecule has 15 heavy (non-hydrogen) atoms. The Kier molecular flexibility index (Phi) is 1.89. The van der Waals surface area contributed by atoms with Crippen LogP contribution in [0.3, 0.4) is 0 Å². The third kappa shape index (κ3) is 1.29. The van der Waals surface area contributed by atoms with Crippen LogP contribution >= 0.6 is 0 Å². The highest BCUT2D eigenvalue weighted by atomic mass is 16.3. The van der Waals surface area contributed by atoms with Crippen molar-refractivity contribution >= 4 is 0 Å². The van der Waals surface area contributed by atoms with Crippen LogP contribution in [-0.4, -0.2) is 10.1 Å². The van der Waals surface area contributed by atoms with Crippen LogP contribution in [0, 0.1) is 0 Å². The van der Waals surface area contributed by atoms with Gasteiger partial charge in [-0.3, -0.25) is 0 Å². The summed E-state index contributed by atoms with van der Waals surface area (Å²) in [6.45, 7) is 0. The lowest BCUT2D eigenvalue weighted by Gasteiger charge is -2.33. The van der Waals surface area contributed by atoms with E-state index in [0.717, 1.165) is 12.0 Å². The summed E-state index contributed by atoms with van der Waals surface area (Å²) >= 11 is 0. The lowest BCUT2D eigenvalue weighted by Crippen LogP contribution is -2.23. The van der Waals surface area contributed by atoms with Gasteiger partial charge < -0.3 is 10.1 Å². The Bertz CT molecular complexity index is 461. The molecule has 0 radical (unpaired) electrons. The van der Waals surface area contributed by atoms with E-state index in [1.807, 2.05) is 24.5 Å². The molecular weight excluding hydrogens is 186 g/mol. The first-order valence-electron chi connectivity index (χ1n) is 5.25. The SMILES string of the molecule is OC(c1cc[nH]c1)C1Cc2ccccc21. The maximum absolute atomic E-state index is 10.2. The number of H-pyrrole nitrogens is 1. The van der Waals surface area contributed by atoms with Gasteiger partial charge >= 0.3 is 0 Å². The van der Waals surface area contributed by atoms with Crippen molar-refractivity contribution in [3.8, 4) is 0 Å². The number of hydrogen-bond donors (Lipinski definition) is 2. The first kappa shape index (κ1) is 8.74. The Balaban J connectivity index is 1.88. The van der Waals surface area contributed by atoms with E-state index in [1.54, 1.807) is 0 Å². The van der Waals surface area contributed by atoms with Crippen molar-refractivity contribution in [3.63, 3.8) is 0 Å². The van der Waals surface area contributed by atoms with E-state index in [9.17, 15) is 5.11 Å². The topological polar surface area (TPSA) is 36.0 Å². The number of aliphatic hydroxyl groups excluding tert-OH is 1. The van der Waals surface area contributed by atoms with Gasteiger partial charge in [0.1, 0.15) is 0 Å². The summed E-state index contributed by atoms with van der Waals surface area (Å²) in [7, 11) is 0. The molecule has 0 aliphatic heterocycles. The molecule has 1 heterocycles. The predicted octanol–water partition coefficient (Wildman–Crippen LogP) is 2.39. The molecule has 1 aromatic heterocycles. The first-order valence-corrected chi connectivity index (χ1v) is 5.25. The van der Waals surface area contributed by atoms with E-state index < -0.39 is 0 Å². The van der Waals surface area contributed by atoms with Gasteiger partial charge in [0.25, 0.3) is 0 Å². The van der Waals surface area contributed by atoms with Gasteiger partial charge in [-0.25, -0.2) is 0 Å². The minimum Gasteiger partial charge on any atom is -0.388 e. The zero-order chi connectivity index (χ0) is 10.3. The molecule has 76 valence electrons. The molecule has 2 heteroatoms. The molecule has 2 N–H and O–H groups in total. The third-order valence-corrected chi connectivity index (χ3v) is 3.24. The average molecular weight is 199 g/mol. The molecule has 0 amide bonds. The Labute approximate surface area is 88.6 Å². The lowest BCUT2D eigenvalue weighted by molar-refractivity contribution is 0.135. The monoisotopic (exact) mass is 199 g/mol. The van der Waals surface area contributed by atoms with Crippen LogP contribution in [0.25, 0.3) is 0 Å². The summed E-state index contributed by atoms with van der Waals surface area (Å²) in [5, 5.41) is 10.2. The molecule has 2 unspecified atom stereocenters. The van der Waals surface area contributed by atoms with E-state index in [-0.39, 0.29) is 12.0 Å². The third-order valence-electron chi connectivity index (χ3n) is 3.24. The van der Waals surface area contributed by atoms with E-state index in [2.05, 4.69) is 23.2 Å². The van der Waals surface area contributed by atoms with Crippen molar-refractivity contribution in [2.24, 2.45) is 0 Å². The zero-order valence-corrected chi connectivity index (χ0v) is 8.35. The zero-order valence-electron chi connectivity index (χ0n) is 8.35. The smallest absolute Gasteiger partial charge is 0.0876 e. The molecule has 2 nitrogen and oxygen atoms in total. The van der Waals surface area contributed by atoms with Crippen LogP contribution in [0.1, 0.15) is 28.7 Å². The maximum Gasteiger partial charge on any atom is 0.0876 e. The van der Waals surface area contributed by atoms with E-state index in [1.165, 1.54) is 11.1 Å². The van der Waals surface area contributed by atoms with Gasteiger partial charge in [0.05, 0.1) is 6.10 Å². The minimum absolute atomic E-state index is 0.275. The fraction of sp³-hybridized carbons (Fsp3) is 0.231. The quantitative estimate of drug-likeness (QED) is 0.765. The Morgan fingerprint density at radius 1 is 1.27 bits per heavy atom. The van der Waals surface area contributed by atoms with Gasteiger partial charge in [-0.15, -0.1) is 0 Å². The molecule has 1 aliphatic carbocycles. The van der Waals surface area contributed by atoms with Gasteiger partial charge in [0.2, 0.25) is 0 Å². The fourth-order valence-corrected chi connectivity index (χ4v) is 2.33. The summed E-state index contributed by atoms with van der Waals surface area (Å²) in [6, 6.07) is 10.3. The summed E-state index contributed by atoms with van der Waals surface area (Å²) < 4.78 is 0. The van der Waals surface area contributed by atoms with Crippen molar-refractivity contribution in [1.29, 1.82) is 0 Å². The van der Waals surface area contributed by atoms with Gasteiger partial charge in [0, 0.05) is 18.3 Å². The Morgan fingerprint density at radius 2 is 2.13 bits per heavy atom. The largest absolute Gasteiger partial charge is 0.388 e. The van der Waals surface area contributed by atoms with Crippen LogP contribution in [0.2, 0.25) is 0 Å². The second-order valence-electron chi connectivity index (χ2n) is 4.10. The summed E-state index contributed by atoms with van der Waals surface area (Å²) in [6.07, 6.45) is 4.34. The number of aliphatic hydroxyl groups is 1. The van der Waals surface area contributed by atoms with Gasteiger partial charge in [-0.1, -0.05) is 24.3 Å². The van der Waals surface area contributed by atoms with Crippen LogP contribution in [0.15, 0.2) is 42.7 Å². The van der Waals surface area contributed by atoms with E-state index in [0.29, 0.717) is 0 Å². The highest BCUT2D eigenvalue weighted by Crippen LogP contribution is 2.43. The molecule has 2 aromatic rings. The summed E-state index contributed by atoms with van der Waals surface area (Å²) in [4.78, 5) is 2.98. The van der Waals surface area contributed by atoms with Crippen molar-refractivity contribution in [2.75, 3.05) is 0 Å². The molecule has 1 aromatic carbocycles. The maximum atomic E-state index is 10.2. The fourth-order valence-electron chi connectivity index (χ4n) is 2.33. The van der Waals surface area contributed by atoms with Crippen LogP contribution in [0.5, 0.6) is 0 Å². The van der Waals surface area contributed by atoms with Gasteiger partial charge in [-0.2, -0.15) is 0 Å². The van der Waals surface area contributed by atoms with Crippen LogP contribution in [-0.2, 0) is 6.42 Å². The van der Waals surface area contributed by atoms with Crippen LogP contribution in [0.4, 0.5) is 0 Å². The summed E-state index contributed by atoms with van der Waals surface area (Å²) in [5.41, 5.74) is 3.65. The van der Waals surface area contributed by atoms with Crippen molar-refractivity contribution < 1.29 is 5.11 Å². The number of fused-ring (bicyclic) bond motifs is 1. The number of hydrogen-bond acceptors (Lipinski definition) is 1. The summed E-state index contributed by atoms with van der Waals surface area (Å²) in [5.74, 6) is 0.275. The van der Waals surface area contributed by atoms with Gasteiger partial charge in [-0.05, 0) is 29.2 Å². The van der Waals surface area contributed by atoms with Crippen molar-refractivity contribution in [2.45, 2.75) is 18.4 Å². The highest BCUT2D eigenvalue weighted by molar-refractivity contribution is 5.42. The van der Waals surface area contributed by atoms with Crippen molar-refractivity contribution in [3.05, 3.63) is 59.4 Å². The highest BCUT2D eigenvalue weighted by Gasteiger charge is 2.32. The first-order chi connectivity index (χ1) is 7.36. The Hall–Kier alpha value is -1.54. The molecule has 0 fully saturated rings. The lowest BCUT2D eigenvalue weighted by atomic mass is 9.73. The number of aromatic amines is 1. The Morgan fingerprint density at radius 3 is 2.87 bits per heavy atom. The molecule has 0 spiro atoms. The molecular formula is C13H13NO. The van der Waals surface area contributed by atoms with E-state index in [4.69, 9.17) is 0 Å². The number of aromatic nitrogens is 1. The molecule has 3 rings (SSSR count). The number of nitrogens with one attached hydrogen (secondary N) is 1. The average Bonchev–Trinajstić information content (AvgIpc) is 2.72. The molecule has 0 saturated heterocycles. The second-order valence-corrected chi connectivity index (χ2v) is 4.10. The molecule has 1 aliphatic rings. The van der Waals surface area contributed by atoms with Crippen molar-refractivity contribution in [1.82, 2.24) is 4.98 Å². The standard InChI is InChI=1S/C13H13NO/c15-13(10-5-6-14-8-10)12-7-9-3-1-2-4-11(9)12/h1-6,8,12-15H,7H2. The molecule has 2 atom stereocenters. The second kappa shape index (κ2) is 3.24. The number of benzene rings is 1.